The van der Waals surface area contributed by atoms with E-state index in [2.05, 4.69) is 14.0 Å². The molecule has 3 rings (SSSR count). The van der Waals surface area contributed by atoms with Crippen LogP contribution >= 0.6 is 7.82 Å². The van der Waals surface area contributed by atoms with E-state index < -0.39 is 20.0 Å². The maximum absolute atomic E-state index is 12.3. The highest BCUT2D eigenvalue weighted by molar-refractivity contribution is 7.45. The summed E-state index contributed by atoms with van der Waals surface area (Å²) in [5.41, 5.74) is 0. The Morgan fingerprint density at radius 1 is 0.917 bits per heavy atom. The first-order valence-electron chi connectivity index (χ1n) is 15.0. The molecule has 1 N–H and O–H groups in total. The maximum Gasteiger partial charge on any atom is 0.268 e. The van der Waals surface area contributed by atoms with E-state index in [9.17, 15) is 14.6 Å². The topological polar surface area (TPSA) is 88.0 Å². The minimum Gasteiger partial charge on any atom is -0.756 e. The second-order valence-electron chi connectivity index (χ2n) is 11.7. The lowest BCUT2D eigenvalue weighted by molar-refractivity contribution is -0.928. The predicted molar refractivity (Wildman–Crippen MR) is 144 cm³/mol. The number of rotatable bonds is 22. The summed E-state index contributed by atoms with van der Waals surface area (Å²) in [7, 11) is -2.30. The van der Waals surface area contributed by atoms with E-state index in [4.69, 9.17) is 13.8 Å². The molecule has 4 atom stereocenters. The predicted octanol–water partition coefficient (Wildman–Crippen LogP) is 5.97. The third kappa shape index (κ3) is 13.2. The number of quaternary nitrogens is 1. The summed E-state index contributed by atoms with van der Waals surface area (Å²) in [5.74, 6) is 0.285. The number of piperidine rings is 3. The zero-order chi connectivity index (χ0) is 26.3. The fourth-order valence-corrected chi connectivity index (χ4v) is 6.61. The van der Waals surface area contributed by atoms with E-state index in [-0.39, 0.29) is 18.6 Å². The van der Waals surface area contributed by atoms with Gasteiger partial charge in [0.2, 0.25) is 0 Å². The largest absolute Gasteiger partial charge is 0.756 e. The van der Waals surface area contributed by atoms with Crippen LogP contribution in [0.5, 0.6) is 0 Å². The molecule has 7 nitrogen and oxygen atoms in total. The van der Waals surface area contributed by atoms with Crippen molar-refractivity contribution in [2.75, 3.05) is 39.9 Å². The monoisotopic (exact) mass is 533 g/mol. The standard InChI is InChI=1S/C28H56NO6P/c1-4-5-6-7-8-9-10-11-12-13-14-15-16-17-22-33-25(2)27(30)24-34-36(31,32)35-28-23-29(3)20-18-26(28)19-21-29/h25-28,30H,4-24H2,1-3H3. The van der Waals surface area contributed by atoms with E-state index in [1.807, 2.05) is 0 Å². The van der Waals surface area contributed by atoms with Gasteiger partial charge in [0.25, 0.3) is 7.82 Å². The van der Waals surface area contributed by atoms with Gasteiger partial charge in [0.15, 0.2) is 0 Å². The van der Waals surface area contributed by atoms with E-state index >= 15 is 0 Å². The number of unbranched alkanes of at least 4 members (excludes halogenated alkanes) is 13. The number of likely N-dealkylation sites (N-methyl/N-ethyl adjacent to an activating group) is 1. The van der Waals surface area contributed by atoms with Crippen LogP contribution in [-0.4, -0.2) is 67.8 Å². The molecule has 0 aliphatic carbocycles. The second kappa shape index (κ2) is 17.6. The number of aliphatic hydroxyl groups excluding tert-OH is 1. The first-order chi connectivity index (χ1) is 17.2. The van der Waals surface area contributed by atoms with Crippen molar-refractivity contribution < 1.29 is 32.8 Å². The summed E-state index contributed by atoms with van der Waals surface area (Å²) < 4.78 is 29.4. The molecule has 3 aliphatic heterocycles. The molecular weight excluding hydrogens is 477 g/mol. The normalized spacial score (nSPS) is 27.1. The Kier molecular flexibility index (Phi) is 15.7. The zero-order valence-corrected chi connectivity index (χ0v) is 24.4. The van der Waals surface area contributed by atoms with Gasteiger partial charge in [0.1, 0.15) is 18.8 Å². The highest BCUT2D eigenvalue weighted by Gasteiger charge is 2.45. The van der Waals surface area contributed by atoms with Gasteiger partial charge in [-0.3, -0.25) is 4.57 Å². The van der Waals surface area contributed by atoms with Gasteiger partial charge in [-0.1, -0.05) is 90.4 Å². The summed E-state index contributed by atoms with van der Waals surface area (Å²) >= 11 is 0. The van der Waals surface area contributed by atoms with Crippen LogP contribution in [0.25, 0.3) is 0 Å². The van der Waals surface area contributed by atoms with Crippen molar-refractivity contribution in [1.29, 1.82) is 0 Å². The Hall–Kier alpha value is -0.0100. The Morgan fingerprint density at radius 3 is 1.92 bits per heavy atom. The van der Waals surface area contributed by atoms with Gasteiger partial charge in [0.05, 0.1) is 32.8 Å². The van der Waals surface area contributed by atoms with Gasteiger partial charge in [-0.25, -0.2) is 0 Å². The molecule has 3 aliphatic rings. The van der Waals surface area contributed by atoms with E-state index in [0.717, 1.165) is 43.3 Å². The lowest BCUT2D eigenvalue weighted by Gasteiger charge is -2.50. The number of fused-ring (bicyclic) bond motifs is 3. The SMILES string of the molecule is CCCCCCCCCCCCCCCCOC(C)C(O)COP(=O)([O-])OC1C[N+]2(C)CCC1CC2. The van der Waals surface area contributed by atoms with Gasteiger partial charge in [-0.2, -0.15) is 0 Å². The molecule has 0 saturated carbocycles. The van der Waals surface area contributed by atoms with Crippen molar-refractivity contribution in [2.24, 2.45) is 5.92 Å². The first-order valence-corrected chi connectivity index (χ1v) is 16.5. The van der Waals surface area contributed by atoms with Crippen LogP contribution in [0.1, 0.15) is 117 Å². The minimum atomic E-state index is -4.45. The van der Waals surface area contributed by atoms with Crippen LogP contribution in [0.2, 0.25) is 0 Å². The molecule has 4 unspecified atom stereocenters. The number of hydrogen-bond acceptors (Lipinski definition) is 6. The smallest absolute Gasteiger partial charge is 0.268 e. The van der Waals surface area contributed by atoms with Crippen LogP contribution in [-0.2, 0) is 18.3 Å². The molecular formula is C28H56NO6P. The molecule has 3 heterocycles. The van der Waals surface area contributed by atoms with Gasteiger partial charge in [-0.15, -0.1) is 0 Å². The summed E-state index contributed by atoms with van der Waals surface area (Å²) in [6.07, 6.45) is 18.5. The highest BCUT2D eigenvalue weighted by Crippen LogP contribution is 2.45. The van der Waals surface area contributed by atoms with Crippen LogP contribution in [0, 0.1) is 5.92 Å². The summed E-state index contributed by atoms with van der Waals surface area (Å²) in [5, 5.41) is 10.3. The van der Waals surface area contributed by atoms with Crippen molar-refractivity contribution in [1.82, 2.24) is 0 Å². The van der Waals surface area contributed by atoms with Gasteiger partial charge in [-0.05, 0) is 13.3 Å². The van der Waals surface area contributed by atoms with E-state index in [0.29, 0.717) is 13.2 Å². The Bertz CT molecular complexity index is 613. The molecule has 0 spiro atoms. The number of aliphatic hydroxyl groups is 1. The lowest BCUT2D eigenvalue weighted by atomic mass is 9.84. The van der Waals surface area contributed by atoms with Crippen molar-refractivity contribution in [3.8, 4) is 0 Å². The molecule has 3 fully saturated rings. The van der Waals surface area contributed by atoms with Gasteiger partial charge in [0, 0.05) is 25.4 Å². The van der Waals surface area contributed by atoms with Crippen LogP contribution in [0.3, 0.4) is 0 Å². The van der Waals surface area contributed by atoms with Crippen molar-refractivity contribution in [3.05, 3.63) is 0 Å². The average Bonchev–Trinajstić information content (AvgIpc) is 2.84. The molecule has 8 heteroatoms. The van der Waals surface area contributed by atoms with Gasteiger partial charge < -0.3 is 28.3 Å². The maximum atomic E-state index is 12.3. The lowest BCUT2D eigenvalue weighted by Crippen LogP contribution is -2.61. The van der Waals surface area contributed by atoms with Gasteiger partial charge >= 0.3 is 0 Å². The molecule has 36 heavy (non-hydrogen) atoms. The van der Waals surface area contributed by atoms with E-state index in [1.165, 1.54) is 77.0 Å². The molecule has 0 aromatic carbocycles. The first kappa shape index (κ1) is 32.2. The van der Waals surface area contributed by atoms with Crippen LogP contribution in [0.15, 0.2) is 0 Å². The fraction of sp³-hybridized carbons (Fsp3) is 1.00. The summed E-state index contributed by atoms with van der Waals surface area (Å²) in [4.78, 5) is 12.3. The Morgan fingerprint density at radius 2 is 1.42 bits per heavy atom. The number of phosphoric acid groups is 1. The molecule has 0 aromatic rings. The molecule has 0 amide bonds. The van der Waals surface area contributed by atoms with Crippen molar-refractivity contribution >= 4 is 7.82 Å². The van der Waals surface area contributed by atoms with Crippen LogP contribution < -0.4 is 4.89 Å². The molecule has 0 aromatic heterocycles. The Balaban J connectivity index is 1.42. The minimum absolute atomic E-state index is 0.285. The third-order valence-corrected chi connectivity index (χ3v) is 9.31. The average molecular weight is 534 g/mol. The fourth-order valence-electron chi connectivity index (χ4n) is 5.64. The number of nitrogens with zero attached hydrogens (tertiary/aromatic N) is 1. The second-order valence-corrected chi connectivity index (χ2v) is 13.1. The molecule has 214 valence electrons. The number of ether oxygens (including phenoxy) is 1. The quantitative estimate of drug-likeness (QED) is 0.105. The van der Waals surface area contributed by atoms with Crippen LogP contribution in [0.4, 0.5) is 0 Å². The number of hydrogen-bond donors (Lipinski definition) is 1. The van der Waals surface area contributed by atoms with Crippen molar-refractivity contribution in [3.63, 3.8) is 0 Å². The molecule has 3 saturated heterocycles. The highest BCUT2D eigenvalue weighted by atomic mass is 31.2. The molecule has 0 radical (unpaired) electrons. The molecule has 2 bridgehead atoms. The van der Waals surface area contributed by atoms with E-state index in [1.54, 1.807) is 6.92 Å². The summed E-state index contributed by atoms with van der Waals surface area (Å²) in [6.45, 7) is 7.14. The Labute approximate surface area is 221 Å². The summed E-state index contributed by atoms with van der Waals surface area (Å²) in [6, 6.07) is 0. The number of phosphoric ester groups is 1. The third-order valence-electron chi connectivity index (χ3n) is 8.31. The zero-order valence-electron chi connectivity index (χ0n) is 23.5. The van der Waals surface area contributed by atoms with Crippen molar-refractivity contribution in [2.45, 2.75) is 135 Å².